The Balaban J connectivity index is 2.39. The number of rotatable bonds is 2. The molecule has 0 aliphatic rings. The molecule has 0 nitrogen and oxygen atoms in total. The molecule has 0 saturated carbocycles. The highest BCUT2D eigenvalue weighted by atomic mass is 79.9. The minimum atomic E-state index is 0.128. The summed E-state index contributed by atoms with van der Waals surface area (Å²) >= 11 is 18.7. The molecule has 2 aromatic rings. The highest BCUT2D eigenvalue weighted by Gasteiger charge is 2.17. The fraction of sp³-hybridized carbons (Fsp3) is 0.167. The molecule has 5 heteroatoms. The van der Waals surface area contributed by atoms with Gasteiger partial charge in [0.15, 0.2) is 0 Å². The first-order chi connectivity index (χ1) is 7.99. The molecule has 0 fully saturated rings. The molecule has 0 aliphatic heterocycles. The Morgan fingerprint density at radius 1 is 1.24 bits per heavy atom. The van der Waals surface area contributed by atoms with Crippen molar-refractivity contribution in [2.45, 2.75) is 11.8 Å². The number of halogens is 4. The zero-order chi connectivity index (χ0) is 12.6. The Morgan fingerprint density at radius 2 is 1.94 bits per heavy atom. The average Bonchev–Trinajstić information content (AvgIpc) is 2.58. The van der Waals surface area contributed by atoms with Crippen LogP contribution in [-0.2, 0) is 0 Å². The molecule has 1 heterocycles. The molecule has 17 heavy (non-hydrogen) atoms. The van der Waals surface area contributed by atoms with Gasteiger partial charge < -0.3 is 0 Å². The molecule has 0 bridgehead atoms. The van der Waals surface area contributed by atoms with E-state index in [1.165, 1.54) is 10.4 Å². The van der Waals surface area contributed by atoms with Gasteiger partial charge in [-0.15, -0.1) is 11.3 Å². The molecule has 0 saturated heterocycles. The van der Waals surface area contributed by atoms with Crippen molar-refractivity contribution in [3.63, 3.8) is 0 Å². The lowest BCUT2D eigenvalue weighted by molar-refractivity contribution is 1.21. The zero-order valence-electron chi connectivity index (χ0n) is 8.81. The third-order valence-electron chi connectivity index (χ3n) is 2.34. The average molecular weight is 459 g/mol. The summed E-state index contributed by atoms with van der Waals surface area (Å²) < 4.78 is 2.17. The molecule has 0 N–H and O–H groups in total. The van der Waals surface area contributed by atoms with Crippen LogP contribution in [-0.4, -0.2) is 0 Å². The molecular formula is C12H8Br3ClS. The predicted octanol–water partition coefficient (Wildman–Crippen LogP) is 6.72. The zero-order valence-corrected chi connectivity index (χ0v) is 15.1. The monoisotopic (exact) mass is 456 g/mol. The Hall–Kier alpha value is 0.650. The second-order valence-electron chi connectivity index (χ2n) is 3.66. The molecule has 1 unspecified atom stereocenters. The fourth-order valence-corrected chi connectivity index (χ4v) is 4.85. The summed E-state index contributed by atoms with van der Waals surface area (Å²) in [7, 11) is 0. The lowest BCUT2D eigenvalue weighted by atomic mass is 10.1. The van der Waals surface area contributed by atoms with Gasteiger partial charge >= 0.3 is 0 Å². The summed E-state index contributed by atoms with van der Waals surface area (Å²) in [5, 5.41) is 0.799. The van der Waals surface area contributed by atoms with E-state index in [0.29, 0.717) is 0 Å². The van der Waals surface area contributed by atoms with Gasteiger partial charge in [-0.3, -0.25) is 0 Å². The first-order valence-corrected chi connectivity index (χ1v) is 8.53. The molecule has 0 radical (unpaired) electrons. The molecule has 1 aromatic carbocycles. The van der Waals surface area contributed by atoms with Crippen molar-refractivity contribution in [1.82, 2.24) is 0 Å². The standard InChI is InChI=1S/C12H8Br3ClS/c1-6-2-3-7(9(16)4-6)11(14)10-5-8(13)12(15)17-10/h2-5,11H,1H3. The van der Waals surface area contributed by atoms with Gasteiger partial charge in [-0.2, -0.15) is 0 Å². The third kappa shape index (κ3) is 3.16. The van der Waals surface area contributed by atoms with Gasteiger partial charge in [-0.25, -0.2) is 0 Å². The van der Waals surface area contributed by atoms with Crippen LogP contribution in [0.4, 0.5) is 0 Å². The Kier molecular flexibility index (Phi) is 4.75. The number of hydrogen-bond acceptors (Lipinski definition) is 1. The van der Waals surface area contributed by atoms with E-state index in [1.807, 2.05) is 13.0 Å². The van der Waals surface area contributed by atoms with Crippen molar-refractivity contribution in [3.05, 3.63) is 53.6 Å². The molecule has 2 rings (SSSR count). The van der Waals surface area contributed by atoms with E-state index in [2.05, 4.69) is 66.0 Å². The SMILES string of the molecule is Cc1ccc(C(Br)c2cc(Br)c(Br)s2)c(Cl)c1. The van der Waals surface area contributed by atoms with Gasteiger partial charge in [0, 0.05) is 14.4 Å². The van der Waals surface area contributed by atoms with Gasteiger partial charge in [0.05, 0.1) is 8.61 Å². The van der Waals surface area contributed by atoms with Gasteiger partial charge in [-0.1, -0.05) is 39.7 Å². The van der Waals surface area contributed by atoms with E-state index in [-0.39, 0.29) is 4.83 Å². The van der Waals surface area contributed by atoms with Crippen LogP contribution in [0.3, 0.4) is 0 Å². The largest absolute Gasteiger partial charge is 0.131 e. The number of benzene rings is 1. The van der Waals surface area contributed by atoms with E-state index < -0.39 is 0 Å². The maximum Gasteiger partial charge on any atom is 0.0843 e. The lowest BCUT2D eigenvalue weighted by Gasteiger charge is -2.10. The smallest absolute Gasteiger partial charge is 0.0843 e. The number of alkyl halides is 1. The van der Waals surface area contributed by atoms with Crippen LogP contribution in [0.1, 0.15) is 20.8 Å². The van der Waals surface area contributed by atoms with Crippen molar-refractivity contribution in [2.75, 3.05) is 0 Å². The normalized spacial score (nSPS) is 12.8. The minimum absolute atomic E-state index is 0.128. The van der Waals surface area contributed by atoms with Crippen molar-refractivity contribution in [1.29, 1.82) is 0 Å². The molecule has 0 aliphatic carbocycles. The molecule has 0 amide bonds. The number of thiophene rings is 1. The van der Waals surface area contributed by atoms with Crippen LogP contribution < -0.4 is 0 Å². The summed E-state index contributed by atoms with van der Waals surface area (Å²) in [6.07, 6.45) is 0. The van der Waals surface area contributed by atoms with Crippen molar-refractivity contribution in [2.24, 2.45) is 0 Å². The Labute approximate surface area is 135 Å². The van der Waals surface area contributed by atoms with Crippen LogP contribution >= 0.6 is 70.7 Å². The number of aryl methyl sites for hydroxylation is 1. The van der Waals surface area contributed by atoms with Gasteiger partial charge in [0.1, 0.15) is 0 Å². The highest BCUT2D eigenvalue weighted by Crippen LogP contribution is 2.43. The van der Waals surface area contributed by atoms with Crippen molar-refractivity contribution in [3.8, 4) is 0 Å². The summed E-state index contributed by atoms with van der Waals surface area (Å²) in [6, 6.07) is 8.24. The summed E-state index contributed by atoms with van der Waals surface area (Å²) in [5.74, 6) is 0. The molecule has 0 spiro atoms. The molecule has 1 atom stereocenters. The third-order valence-corrected chi connectivity index (χ3v) is 7.28. The maximum absolute atomic E-state index is 6.27. The van der Waals surface area contributed by atoms with Gasteiger partial charge in [0.2, 0.25) is 0 Å². The Bertz CT molecular complexity index is 531. The van der Waals surface area contributed by atoms with Gasteiger partial charge in [-0.05, 0) is 62.0 Å². The van der Waals surface area contributed by atoms with Crippen LogP contribution in [0.25, 0.3) is 0 Å². The first-order valence-electron chi connectivity index (χ1n) is 4.84. The minimum Gasteiger partial charge on any atom is -0.131 e. The quantitative estimate of drug-likeness (QED) is 0.438. The van der Waals surface area contributed by atoms with E-state index in [0.717, 1.165) is 18.8 Å². The topological polar surface area (TPSA) is 0 Å². The molecular weight excluding hydrogens is 451 g/mol. The molecule has 90 valence electrons. The van der Waals surface area contributed by atoms with E-state index in [1.54, 1.807) is 11.3 Å². The predicted molar refractivity (Wildman–Crippen MR) is 86.7 cm³/mol. The van der Waals surface area contributed by atoms with E-state index in [9.17, 15) is 0 Å². The fourth-order valence-electron chi connectivity index (χ4n) is 1.48. The summed E-state index contributed by atoms with van der Waals surface area (Å²) in [6.45, 7) is 2.04. The second-order valence-corrected chi connectivity index (χ2v) is 8.24. The van der Waals surface area contributed by atoms with Gasteiger partial charge in [0.25, 0.3) is 0 Å². The van der Waals surface area contributed by atoms with Crippen LogP contribution in [0.5, 0.6) is 0 Å². The Morgan fingerprint density at radius 3 is 2.47 bits per heavy atom. The van der Waals surface area contributed by atoms with E-state index >= 15 is 0 Å². The first kappa shape index (κ1) is 14.1. The van der Waals surface area contributed by atoms with Crippen molar-refractivity contribution >= 4 is 70.7 Å². The number of hydrogen-bond donors (Lipinski definition) is 0. The highest BCUT2D eigenvalue weighted by molar-refractivity contribution is 9.13. The molecule has 1 aromatic heterocycles. The summed E-state index contributed by atoms with van der Waals surface area (Å²) in [5.41, 5.74) is 2.27. The maximum atomic E-state index is 6.27. The van der Waals surface area contributed by atoms with Crippen LogP contribution in [0.2, 0.25) is 5.02 Å². The van der Waals surface area contributed by atoms with Crippen LogP contribution in [0.15, 0.2) is 32.5 Å². The lowest BCUT2D eigenvalue weighted by Crippen LogP contribution is -1.91. The second kappa shape index (κ2) is 5.74. The van der Waals surface area contributed by atoms with Crippen LogP contribution in [0, 0.1) is 6.92 Å². The van der Waals surface area contributed by atoms with Crippen molar-refractivity contribution < 1.29 is 0 Å². The summed E-state index contributed by atoms with van der Waals surface area (Å²) in [4.78, 5) is 1.35. The van der Waals surface area contributed by atoms with E-state index in [4.69, 9.17) is 11.6 Å².